The lowest BCUT2D eigenvalue weighted by atomic mass is 9.84. The van der Waals surface area contributed by atoms with Gasteiger partial charge in [0.1, 0.15) is 17.7 Å². The van der Waals surface area contributed by atoms with Crippen LogP contribution < -0.4 is 5.73 Å². The van der Waals surface area contributed by atoms with E-state index >= 15 is 0 Å². The maximum absolute atomic E-state index is 5.84. The predicted octanol–water partition coefficient (Wildman–Crippen LogP) is 1.83. The topological polar surface area (TPSA) is 80.5 Å². The van der Waals surface area contributed by atoms with Crippen LogP contribution in [0.1, 0.15) is 38.9 Å². The van der Waals surface area contributed by atoms with E-state index < -0.39 is 0 Å². The molecule has 0 aromatic carbocycles. The van der Waals surface area contributed by atoms with Gasteiger partial charge in [-0.05, 0) is 11.8 Å². The van der Waals surface area contributed by atoms with Gasteiger partial charge in [0, 0.05) is 12.5 Å². The van der Waals surface area contributed by atoms with E-state index in [4.69, 9.17) is 5.73 Å². The fourth-order valence-corrected chi connectivity index (χ4v) is 2.00. The molecule has 2 aromatic rings. The Bertz CT molecular complexity index is 464. The van der Waals surface area contributed by atoms with Crippen molar-refractivity contribution in [1.29, 1.82) is 0 Å². The Hall–Kier alpha value is -1.49. The highest BCUT2D eigenvalue weighted by Gasteiger charge is 2.21. The Balaban J connectivity index is 2.30. The van der Waals surface area contributed by atoms with Gasteiger partial charge in [0.05, 0.1) is 6.20 Å². The normalized spacial score (nSPS) is 14.1. The minimum atomic E-state index is 0.231. The van der Waals surface area contributed by atoms with E-state index in [0.717, 1.165) is 17.8 Å². The standard InChI is InChI=1S/C12H19N5/c1-12(2,3)4-8(5-13)10-16-9-6-14-7-15-11(9)17-10/h6-8H,4-5,13H2,1-3H3,(H,14,15,16,17). The van der Waals surface area contributed by atoms with Crippen molar-refractivity contribution in [1.82, 2.24) is 19.9 Å². The van der Waals surface area contributed by atoms with Gasteiger partial charge in [-0.1, -0.05) is 20.8 Å². The number of aromatic nitrogens is 4. The number of nitrogens with one attached hydrogen (secondary N) is 1. The molecule has 0 aliphatic heterocycles. The molecule has 0 fully saturated rings. The van der Waals surface area contributed by atoms with Crippen molar-refractivity contribution in [2.75, 3.05) is 6.54 Å². The lowest BCUT2D eigenvalue weighted by Crippen LogP contribution is -2.20. The van der Waals surface area contributed by atoms with Gasteiger partial charge in [0.25, 0.3) is 0 Å². The zero-order valence-electron chi connectivity index (χ0n) is 10.6. The Morgan fingerprint density at radius 1 is 1.41 bits per heavy atom. The van der Waals surface area contributed by atoms with Gasteiger partial charge in [0.15, 0.2) is 5.65 Å². The molecule has 2 heterocycles. The first kappa shape index (κ1) is 12.0. The van der Waals surface area contributed by atoms with E-state index in [2.05, 4.69) is 40.7 Å². The summed E-state index contributed by atoms with van der Waals surface area (Å²) in [5, 5.41) is 0. The average molecular weight is 233 g/mol. The van der Waals surface area contributed by atoms with Gasteiger partial charge in [-0.25, -0.2) is 15.0 Å². The molecule has 1 atom stereocenters. The fraction of sp³-hybridized carbons (Fsp3) is 0.583. The molecule has 17 heavy (non-hydrogen) atoms. The van der Waals surface area contributed by atoms with Crippen LogP contribution in [0, 0.1) is 5.41 Å². The molecule has 3 N–H and O–H groups in total. The molecular weight excluding hydrogens is 214 g/mol. The Labute approximate surface area is 101 Å². The molecule has 0 aliphatic rings. The molecule has 0 bridgehead atoms. The summed E-state index contributed by atoms with van der Waals surface area (Å²) in [5.74, 6) is 1.15. The summed E-state index contributed by atoms with van der Waals surface area (Å²) >= 11 is 0. The molecule has 1 unspecified atom stereocenters. The summed E-state index contributed by atoms with van der Waals surface area (Å²) in [6.07, 6.45) is 4.24. The van der Waals surface area contributed by atoms with Crippen LogP contribution in [-0.4, -0.2) is 26.5 Å². The molecule has 5 heteroatoms. The molecule has 0 spiro atoms. The van der Waals surface area contributed by atoms with Crippen molar-refractivity contribution in [3.05, 3.63) is 18.3 Å². The largest absolute Gasteiger partial charge is 0.339 e. The monoisotopic (exact) mass is 233 g/mol. The van der Waals surface area contributed by atoms with Crippen LogP contribution >= 0.6 is 0 Å². The maximum Gasteiger partial charge on any atom is 0.180 e. The number of imidazole rings is 1. The van der Waals surface area contributed by atoms with Crippen molar-refractivity contribution >= 4 is 11.2 Å². The smallest absolute Gasteiger partial charge is 0.180 e. The summed E-state index contributed by atoms with van der Waals surface area (Å²) in [4.78, 5) is 15.8. The second-order valence-corrected chi connectivity index (χ2v) is 5.58. The quantitative estimate of drug-likeness (QED) is 0.847. The molecule has 0 radical (unpaired) electrons. The minimum Gasteiger partial charge on any atom is -0.339 e. The number of nitrogens with two attached hydrogens (primary N) is 1. The third-order valence-corrected chi connectivity index (χ3v) is 2.71. The number of aromatic amines is 1. The summed E-state index contributed by atoms with van der Waals surface area (Å²) in [7, 11) is 0. The average Bonchev–Trinajstić information content (AvgIpc) is 2.67. The molecular formula is C12H19N5. The Morgan fingerprint density at radius 3 is 2.76 bits per heavy atom. The van der Waals surface area contributed by atoms with Crippen LogP contribution in [0.4, 0.5) is 0 Å². The number of nitrogens with zero attached hydrogens (tertiary/aromatic N) is 3. The molecule has 92 valence electrons. The zero-order valence-corrected chi connectivity index (χ0v) is 10.6. The summed E-state index contributed by atoms with van der Waals surface area (Å²) in [5.41, 5.74) is 7.65. The van der Waals surface area contributed by atoms with Crippen LogP contribution in [0.2, 0.25) is 0 Å². The summed E-state index contributed by atoms with van der Waals surface area (Å²) < 4.78 is 0. The van der Waals surface area contributed by atoms with Gasteiger partial charge in [0.2, 0.25) is 0 Å². The van der Waals surface area contributed by atoms with Gasteiger partial charge in [-0.3, -0.25) is 0 Å². The highest BCUT2D eigenvalue weighted by atomic mass is 15.0. The first-order chi connectivity index (χ1) is 7.99. The lowest BCUT2D eigenvalue weighted by Gasteiger charge is -2.23. The first-order valence-corrected chi connectivity index (χ1v) is 5.85. The van der Waals surface area contributed by atoms with Crippen molar-refractivity contribution in [2.45, 2.75) is 33.1 Å². The van der Waals surface area contributed by atoms with Gasteiger partial charge >= 0.3 is 0 Å². The van der Waals surface area contributed by atoms with Crippen molar-refractivity contribution in [3.8, 4) is 0 Å². The molecule has 2 rings (SSSR count). The van der Waals surface area contributed by atoms with Crippen LogP contribution in [0.15, 0.2) is 12.5 Å². The fourth-order valence-electron chi connectivity index (χ4n) is 2.00. The van der Waals surface area contributed by atoms with Crippen molar-refractivity contribution in [3.63, 3.8) is 0 Å². The van der Waals surface area contributed by atoms with Crippen LogP contribution in [0.25, 0.3) is 11.2 Å². The van der Waals surface area contributed by atoms with Crippen LogP contribution in [0.3, 0.4) is 0 Å². The number of hydrogen-bond acceptors (Lipinski definition) is 4. The van der Waals surface area contributed by atoms with Crippen LogP contribution in [0.5, 0.6) is 0 Å². The van der Waals surface area contributed by atoms with E-state index in [1.807, 2.05) is 0 Å². The number of hydrogen-bond donors (Lipinski definition) is 2. The first-order valence-electron chi connectivity index (χ1n) is 5.85. The van der Waals surface area contributed by atoms with E-state index in [9.17, 15) is 0 Å². The second kappa shape index (κ2) is 4.41. The molecule has 0 aliphatic carbocycles. The van der Waals surface area contributed by atoms with E-state index in [1.165, 1.54) is 6.33 Å². The Morgan fingerprint density at radius 2 is 2.18 bits per heavy atom. The maximum atomic E-state index is 5.84. The Kier molecular flexibility index (Phi) is 3.11. The third kappa shape index (κ3) is 2.79. The lowest BCUT2D eigenvalue weighted by molar-refractivity contribution is 0.337. The van der Waals surface area contributed by atoms with E-state index in [-0.39, 0.29) is 11.3 Å². The van der Waals surface area contributed by atoms with E-state index in [0.29, 0.717) is 12.2 Å². The number of H-pyrrole nitrogens is 1. The SMILES string of the molecule is CC(C)(C)CC(CN)c1nc2ncncc2[nH]1. The van der Waals surface area contributed by atoms with Gasteiger partial charge in [-0.2, -0.15) is 0 Å². The highest BCUT2D eigenvalue weighted by Crippen LogP contribution is 2.29. The molecule has 0 saturated heterocycles. The molecule has 2 aromatic heterocycles. The highest BCUT2D eigenvalue weighted by molar-refractivity contribution is 5.68. The molecule has 0 saturated carbocycles. The van der Waals surface area contributed by atoms with Crippen molar-refractivity contribution < 1.29 is 0 Å². The minimum absolute atomic E-state index is 0.231. The van der Waals surface area contributed by atoms with Crippen molar-refractivity contribution in [2.24, 2.45) is 11.1 Å². The van der Waals surface area contributed by atoms with Crippen LogP contribution in [-0.2, 0) is 0 Å². The number of rotatable bonds is 3. The molecule has 0 amide bonds. The van der Waals surface area contributed by atoms with Gasteiger partial charge in [-0.15, -0.1) is 0 Å². The van der Waals surface area contributed by atoms with E-state index in [1.54, 1.807) is 6.20 Å². The summed E-state index contributed by atoms with van der Waals surface area (Å²) in [6, 6.07) is 0. The second-order valence-electron chi connectivity index (χ2n) is 5.58. The predicted molar refractivity (Wildman–Crippen MR) is 67.6 cm³/mol. The summed E-state index contributed by atoms with van der Waals surface area (Å²) in [6.45, 7) is 7.21. The zero-order chi connectivity index (χ0) is 12.5. The molecule has 5 nitrogen and oxygen atoms in total. The number of fused-ring (bicyclic) bond motifs is 1. The van der Waals surface area contributed by atoms with Gasteiger partial charge < -0.3 is 10.7 Å². The third-order valence-electron chi connectivity index (χ3n) is 2.71.